The third kappa shape index (κ3) is 4.00. The first-order chi connectivity index (χ1) is 14.3. The van der Waals surface area contributed by atoms with Gasteiger partial charge in [-0.2, -0.15) is 0 Å². The van der Waals surface area contributed by atoms with Crippen LogP contribution in [0.4, 0.5) is 5.82 Å². The highest BCUT2D eigenvalue weighted by Gasteiger charge is 2.19. The van der Waals surface area contributed by atoms with E-state index in [4.69, 9.17) is 0 Å². The molecule has 4 aromatic rings. The van der Waals surface area contributed by atoms with Crippen molar-refractivity contribution in [1.82, 2.24) is 14.1 Å². The van der Waals surface area contributed by atoms with Crippen molar-refractivity contribution in [3.63, 3.8) is 0 Å². The Morgan fingerprint density at radius 3 is 2.43 bits per heavy atom. The number of rotatable bonds is 6. The van der Waals surface area contributed by atoms with Crippen molar-refractivity contribution in [2.24, 2.45) is 0 Å². The van der Waals surface area contributed by atoms with Crippen molar-refractivity contribution >= 4 is 38.0 Å². The van der Waals surface area contributed by atoms with E-state index in [-0.39, 0.29) is 16.8 Å². The van der Waals surface area contributed by atoms with E-state index in [1.165, 1.54) is 35.6 Å². The topological polar surface area (TPSA) is 92.6 Å². The van der Waals surface area contributed by atoms with Crippen molar-refractivity contribution in [3.8, 4) is 11.3 Å². The molecule has 2 heterocycles. The number of benzene rings is 2. The average molecular weight is 441 g/mol. The number of amides is 1. The van der Waals surface area contributed by atoms with Gasteiger partial charge in [-0.05, 0) is 38.1 Å². The Morgan fingerprint density at radius 1 is 1.07 bits per heavy atom. The maximum Gasteiger partial charge on any atom is 0.256 e. The minimum atomic E-state index is -3.61. The average Bonchev–Trinajstić information content (AvgIpc) is 3.30. The number of nitrogens with zero attached hydrogens (tertiary/aromatic N) is 2. The van der Waals surface area contributed by atoms with Gasteiger partial charge in [0.2, 0.25) is 10.0 Å². The Kier molecular flexibility index (Phi) is 5.42. The first-order valence-corrected chi connectivity index (χ1v) is 11.7. The Balaban J connectivity index is 1.63. The molecule has 7 nitrogen and oxygen atoms in total. The number of carbonyl (C=O) groups is 1. The summed E-state index contributed by atoms with van der Waals surface area (Å²) >= 11 is 1.48. The van der Waals surface area contributed by atoms with Gasteiger partial charge in [0.15, 0.2) is 4.96 Å². The molecule has 0 saturated carbocycles. The van der Waals surface area contributed by atoms with E-state index in [2.05, 4.69) is 15.0 Å². The molecule has 2 N–H and O–H groups in total. The normalized spacial score (nSPS) is 11.8. The van der Waals surface area contributed by atoms with E-state index in [1.807, 2.05) is 46.3 Å². The third-order valence-electron chi connectivity index (χ3n) is 4.36. The number of fused-ring (bicyclic) bond motifs is 1. The lowest BCUT2D eigenvalue weighted by molar-refractivity contribution is 0.102. The van der Waals surface area contributed by atoms with Crippen LogP contribution in [-0.4, -0.2) is 29.8 Å². The second-order valence-corrected chi connectivity index (χ2v) is 9.57. The largest absolute Gasteiger partial charge is 0.306 e. The van der Waals surface area contributed by atoms with Crippen LogP contribution in [0.25, 0.3) is 16.2 Å². The Morgan fingerprint density at radius 2 is 1.77 bits per heavy atom. The molecule has 2 aromatic heterocycles. The predicted molar refractivity (Wildman–Crippen MR) is 118 cm³/mol. The standard InChI is InChI=1S/C21H20N4O3S2/c1-14(2)24-30(27,28)17-10-8-16(9-11-17)20(26)23-19-18(15-6-4-3-5-7-15)22-21-25(19)12-13-29-21/h3-14,24H,1-2H3,(H,23,26). The Labute approximate surface area is 178 Å². The van der Waals surface area contributed by atoms with Crippen LogP contribution < -0.4 is 10.0 Å². The van der Waals surface area contributed by atoms with Gasteiger partial charge < -0.3 is 5.32 Å². The fourth-order valence-corrected chi connectivity index (χ4v) is 5.01. The second-order valence-electron chi connectivity index (χ2n) is 6.99. The Bertz CT molecular complexity index is 1290. The summed E-state index contributed by atoms with van der Waals surface area (Å²) in [5.41, 5.74) is 1.92. The third-order valence-corrected chi connectivity index (χ3v) is 6.79. The molecule has 4 rings (SSSR count). The quantitative estimate of drug-likeness (QED) is 0.474. The molecule has 0 aliphatic rings. The molecule has 0 radical (unpaired) electrons. The molecular formula is C21H20N4O3S2. The minimum absolute atomic E-state index is 0.113. The van der Waals surface area contributed by atoms with Gasteiger partial charge in [0.1, 0.15) is 11.5 Å². The number of thiazole rings is 1. The lowest BCUT2D eigenvalue weighted by Gasteiger charge is -2.10. The molecule has 1 amide bonds. The summed E-state index contributed by atoms with van der Waals surface area (Å²) in [5, 5.41) is 4.82. The molecule has 0 saturated heterocycles. The number of anilines is 1. The van der Waals surface area contributed by atoms with Crippen LogP contribution in [0.15, 0.2) is 71.1 Å². The van der Waals surface area contributed by atoms with E-state index < -0.39 is 10.0 Å². The summed E-state index contributed by atoms with van der Waals surface area (Å²) in [7, 11) is -3.61. The summed E-state index contributed by atoms with van der Waals surface area (Å²) in [4.78, 5) is 18.4. The smallest absolute Gasteiger partial charge is 0.256 e. The van der Waals surface area contributed by atoms with E-state index in [9.17, 15) is 13.2 Å². The molecule has 30 heavy (non-hydrogen) atoms. The van der Waals surface area contributed by atoms with E-state index >= 15 is 0 Å². The monoisotopic (exact) mass is 440 g/mol. The molecule has 0 unspecified atom stereocenters. The van der Waals surface area contributed by atoms with Crippen molar-refractivity contribution in [2.45, 2.75) is 24.8 Å². The van der Waals surface area contributed by atoms with Crippen molar-refractivity contribution in [3.05, 3.63) is 71.7 Å². The fourth-order valence-electron chi connectivity index (χ4n) is 3.05. The first-order valence-electron chi connectivity index (χ1n) is 9.30. The van der Waals surface area contributed by atoms with E-state index in [1.54, 1.807) is 13.8 Å². The maximum atomic E-state index is 12.9. The van der Waals surface area contributed by atoms with Gasteiger partial charge in [-0.25, -0.2) is 18.1 Å². The SMILES string of the molecule is CC(C)NS(=O)(=O)c1ccc(C(=O)Nc2c(-c3ccccc3)nc3sccn23)cc1. The molecular weight excluding hydrogens is 420 g/mol. The number of imidazole rings is 1. The van der Waals surface area contributed by atoms with Gasteiger partial charge in [-0.15, -0.1) is 11.3 Å². The van der Waals surface area contributed by atoms with Crippen LogP contribution in [-0.2, 0) is 10.0 Å². The van der Waals surface area contributed by atoms with Crippen LogP contribution >= 0.6 is 11.3 Å². The van der Waals surface area contributed by atoms with Crippen LogP contribution in [0, 0.1) is 0 Å². The molecule has 0 aliphatic heterocycles. The number of aromatic nitrogens is 2. The zero-order chi connectivity index (χ0) is 21.3. The van der Waals surface area contributed by atoms with Gasteiger partial charge >= 0.3 is 0 Å². The molecule has 2 aromatic carbocycles. The van der Waals surface area contributed by atoms with Crippen molar-refractivity contribution < 1.29 is 13.2 Å². The van der Waals surface area contributed by atoms with E-state index in [0.717, 1.165) is 10.5 Å². The van der Waals surface area contributed by atoms with Crippen LogP contribution in [0.1, 0.15) is 24.2 Å². The fraction of sp³-hybridized carbons (Fsp3) is 0.143. The number of carbonyl (C=O) groups excluding carboxylic acids is 1. The van der Waals surface area contributed by atoms with Crippen molar-refractivity contribution in [1.29, 1.82) is 0 Å². The molecule has 0 bridgehead atoms. The maximum absolute atomic E-state index is 12.9. The molecule has 0 spiro atoms. The summed E-state index contributed by atoms with van der Waals surface area (Å²) in [6.07, 6.45) is 1.85. The van der Waals surface area contributed by atoms with Crippen LogP contribution in [0.3, 0.4) is 0 Å². The number of nitrogens with one attached hydrogen (secondary N) is 2. The molecule has 0 fully saturated rings. The Hall–Kier alpha value is -3.01. The highest BCUT2D eigenvalue weighted by atomic mass is 32.2. The summed E-state index contributed by atoms with van der Waals surface area (Å²) < 4.78 is 28.9. The van der Waals surface area contributed by atoms with Gasteiger partial charge in [0.25, 0.3) is 5.91 Å². The van der Waals surface area contributed by atoms with Crippen molar-refractivity contribution in [2.75, 3.05) is 5.32 Å². The minimum Gasteiger partial charge on any atom is -0.306 e. The molecule has 154 valence electrons. The van der Waals surface area contributed by atoms with Gasteiger partial charge in [0.05, 0.1) is 4.90 Å². The zero-order valence-electron chi connectivity index (χ0n) is 16.4. The second kappa shape index (κ2) is 8.02. The molecule has 0 aliphatic carbocycles. The zero-order valence-corrected chi connectivity index (χ0v) is 18.0. The number of sulfonamides is 1. The van der Waals surface area contributed by atoms with Crippen LogP contribution in [0.5, 0.6) is 0 Å². The first kappa shape index (κ1) is 20.3. The van der Waals surface area contributed by atoms with E-state index in [0.29, 0.717) is 17.1 Å². The predicted octanol–water partition coefficient (Wildman–Crippen LogP) is 4.00. The molecule has 0 atom stereocenters. The van der Waals surface area contributed by atoms with Gasteiger partial charge in [-0.1, -0.05) is 30.3 Å². The highest BCUT2D eigenvalue weighted by Crippen LogP contribution is 2.31. The molecule has 9 heteroatoms. The number of hydrogen-bond acceptors (Lipinski definition) is 5. The summed E-state index contributed by atoms with van der Waals surface area (Å²) in [5.74, 6) is 0.224. The lowest BCUT2D eigenvalue weighted by Crippen LogP contribution is -2.30. The van der Waals surface area contributed by atoms with Crippen LogP contribution in [0.2, 0.25) is 0 Å². The lowest BCUT2D eigenvalue weighted by atomic mass is 10.1. The number of hydrogen-bond donors (Lipinski definition) is 2. The van der Waals surface area contributed by atoms with Gasteiger partial charge in [0, 0.05) is 28.7 Å². The summed E-state index contributed by atoms with van der Waals surface area (Å²) in [6.45, 7) is 3.50. The summed E-state index contributed by atoms with van der Waals surface area (Å²) in [6, 6.07) is 15.2. The highest BCUT2D eigenvalue weighted by molar-refractivity contribution is 7.89. The van der Waals surface area contributed by atoms with Gasteiger partial charge in [-0.3, -0.25) is 9.20 Å².